The van der Waals surface area contributed by atoms with Crippen LogP contribution in [0.2, 0.25) is 0 Å². The quantitative estimate of drug-likeness (QED) is 0.285. The van der Waals surface area contributed by atoms with E-state index in [1.165, 1.54) is 12.1 Å². The van der Waals surface area contributed by atoms with Gasteiger partial charge in [-0.25, -0.2) is 9.59 Å². The average Bonchev–Trinajstić information content (AvgIpc) is 3.06. The summed E-state index contributed by atoms with van der Waals surface area (Å²) in [6, 6.07) is 5.84. The second-order valence-electron chi connectivity index (χ2n) is 7.64. The van der Waals surface area contributed by atoms with Crippen molar-refractivity contribution in [3.8, 4) is 11.1 Å². The molecule has 0 aliphatic heterocycles. The topological polar surface area (TPSA) is 227 Å². The van der Waals surface area contributed by atoms with Gasteiger partial charge in [0, 0.05) is 12.3 Å². The van der Waals surface area contributed by atoms with Gasteiger partial charge in [-0.1, -0.05) is 12.1 Å². The molecule has 0 spiro atoms. The summed E-state index contributed by atoms with van der Waals surface area (Å²) in [4.78, 5) is 33.6. The third-order valence-corrected chi connectivity index (χ3v) is 7.03. The molecule has 15 heteroatoms. The monoisotopic (exact) mass is 528 g/mol. The first-order chi connectivity index (χ1) is 16.2. The number of rotatable bonds is 9. The van der Waals surface area contributed by atoms with Crippen LogP contribution in [-0.4, -0.2) is 61.7 Å². The molecule has 188 valence electrons. The van der Waals surface area contributed by atoms with Crippen LogP contribution in [0.4, 0.5) is 4.79 Å². The van der Waals surface area contributed by atoms with Crippen molar-refractivity contribution >= 4 is 38.2 Å². The fourth-order valence-corrected chi connectivity index (χ4v) is 4.74. The Labute approximate surface area is 199 Å². The zero-order chi connectivity index (χ0) is 26.1. The highest BCUT2D eigenvalue weighted by molar-refractivity contribution is 7.86. The maximum atomic E-state index is 12.3. The second kappa shape index (κ2) is 9.61. The number of amides is 2. The number of carbonyl (C=O) groups is 3. The van der Waals surface area contributed by atoms with E-state index in [1.54, 1.807) is 0 Å². The van der Waals surface area contributed by atoms with E-state index >= 15 is 0 Å². The van der Waals surface area contributed by atoms with Crippen molar-refractivity contribution in [2.24, 2.45) is 5.73 Å². The average molecular weight is 529 g/mol. The molecule has 6 N–H and O–H groups in total. The summed E-state index contributed by atoms with van der Waals surface area (Å²) in [5.74, 6) is -3.13. The Morgan fingerprint density at radius 3 is 1.83 bits per heavy atom. The number of nitrogens with one attached hydrogen (secondary N) is 1. The first-order valence-electron chi connectivity index (χ1n) is 9.86. The van der Waals surface area contributed by atoms with Gasteiger partial charge in [-0.05, 0) is 52.9 Å². The fraction of sp³-hybridized carbons (Fsp3) is 0.250. The van der Waals surface area contributed by atoms with Crippen molar-refractivity contribution < 1.29 is 50.2 Å². The SMILES string of the molecule is NC(=O)CC[C@H](NC(=O)OCC1c2cc(S(=O)(=O)O)ccc2-c2ccc(S(=O)(=O)O)cc21)C(=O)O. The molecule has 1 atom stereocenters. The number of primary amides is 1. The third-order valence-electron chi connectivity index (χ3n) is 5.33. The lowest BCUT2D eigenvalue weighted by Crippen LogP contribution is -2.42. The van der Waals surface area contributed by atoms with E-state index in [2.05, 4.69) is 5.32 Å². The molecule has 2 amide bonds. The van der Waals surface area contributed by atoms with Gasteiger partial charge in [0.1, 0.15) is 12.6 Å². The number of ether oxygens (including phenoxy) is 1. The fourth-order valence-electron chi connectivity index (χ4n) is 3.70. The molecule has 0 aromatic heterocycles. The van der Waals surface area contributed by atoms with Crippen LogP contribution in [0.3, 0.4) is 0 Å². The second-order valence-corrected chi connectivity index (χ2v) is 10.5. The number of aliphatic carboxylic acids is 1. The van der Waals surface area contributed by atoms with Gasteiger partial charge in [0.25, 0.3) is 20.2 Å². The first-order valence-corrected chi connectivity index (χ1v) is 12.7. The largest absolute Gasteiger partial charge is 0.480 e. The van der Waals surface area contributed by atoms with Crippen LogP contribution in [-0.2, 0) is 34.6 Å². The highest BCUT2D eigenvalue weighted by atomic mass is 32.2. The van der Waals surface area contributed by atoms with Crippen molar-refractivity contribution in [3.63, 3.8) is 0 Å². The van der Waals surface area contributed by atoms with Gasteiger partial charge in [0.15, 0.2) is 0 Å². The summed E-state index contributed by atoms with van der Waals surface area (Å²) >= 11 is 0. The number of benzene rings is 2. The smallest absolute Gasteiger partial charge is 0.407 e. The number of carboxylic acids is 1. The lowest BCUT2D eigenvalue weighted by atomic mass is 9.98. The van der Waals surface area contributed by atoms with Crippen LogP contribution in [0.25, 0.3) is 11.1 Å². The molecule has 2 aromatic rings. The number of nitrogens with two attached hydrogens (primary N) is 1. The summed E-state index contributed by atoms with van der Waals surface area (Å²) in [7, 11) is -9.19. The molecule has 1 aliphatic carbocycles. The highest BCUT2D eigenvalue weighted by Crippen LogP contribution is 2.46. The molecule has 35 heavy (non-hydrogen) atoms. The van der Waals surface area contributed by atoms with Crippen LogP contribution in [0.5, 0.6) is 0 Å². The lowest BCUT2D eigenvalue weighted by Gasteiger charge is -2.17. The zero-order valence-corrected chi connectivity index (χ0v) is 19.4. The summed E-state index contributed by atoms with van der Waals surface area (Å²) in [6.07, 6.45) is -1.77. The van der Waals surface area contributed by atoms with Crippen LogP contribution in [0, 0.1) is 0 Å². The Bertz CT molecular complexity index is 1340. The van der Waals surface area contributed by atoms with E-state index in [0.29, 0.717) is 11.1 Å². The van der Waals surface area contributed by atoms with Crippen LogP contribution < -0.4 is 11.1 Å². The lowest BCUT2D eigenvalue weighted by molar-refractivity contribution is -0.139. The minimum atomic E-state index is -4.60. The standard InChI is InChI=1S/C20H20N2O11S2/c21-18(23)6-5-17(19(24)25)22-20(26)33-9-16-14-7-10(34(27,28)29)1-3-12(14)13-4-2-11(8-15(13)16)35(30,31)32/h1-4,7-8,16-17H,5-6,9H2,(H2,21,23)(H,22,26)(H,24,25)(H,27,28,29)(H,30,31,32)/t17-/m0/s1. The van der Waals surface area contributed by atoms with Gasteiger partial charge in [-0.15, -0.1) is 0 Å². The van der Waals surface area contributed by atoms with Gasteiger partial charge in [-0.2, -0.15) is 16.8 Å². The third kappa shape index (κ3) is 5.94. The molecule has 0 fully saturated rings. The number of hydrogen-bond donors (Lipinski definition) is 5. The minimum Gasteiger partial charge on any atom is -0.480 e. The summed E-state index contributed by atoms with van der Waals surface area (Å²) < 4.78 is 70.4. The van der Waals surface area contributed by atoms with E-state index in [9.17, 15) is 45.4 Å². The van der Waals surface area contributed by atoms with Gasteiger partial charge < -0.3 is 20.9 Å². The van der Waals surface area contributed by atoms with Crippen molar-refractivity contribution in [2.75, 3.05) is 6.61 Å². The molecule has 0 saturated heterocycles. The van der Waals surface area contributed by atoms with Gasteiger partial charge >= 0.3 is 12.1 Å². The van der Waals surface area contributed by atoms with Gasteiger partial charge in [0.05, 0.1) is 9.79 Å². The molecule has 13 nitrogen and oxygen atoms in total. The summed E-state index contributed by atoms with van der Waals surface area (Å²) in [5.41, 5.74) is 6.48. The Morgan fingerprint density at radius 2 is 1.43 bits per heavy atom. The molecule has 0 radical (unpaired) electrons. The van der Waals surface area contributed by atoms with E-state index in [0.717, 1.165) is 24.3 Å². The molecule has 2 aromatic carbocycles. The molecule has 0 saturated carbocycles. The molecular formula is C20H20N2O11S2. The molecule has 0 unspecified atom stereocenters. The van der Waals surface area contributed by atoms with Crippen LogP contribution in [0.1, 0.15) is 29.9 Å². The van der Waals surface area contributed by atoms with E-state index in [4.69, 9.17) is 10.5 Å². The predicted octanol–water partition coefficient (Wildman–Crippen LogP) is 0.737. The summed E-state index contributed by atoms with van der Waals surface area (Å²) in [5, 5.41) is 11.3. The number of fused-ring (bicyclic) bond motifs is 3. The first kappa shape index (κ1) is 26.1. The Balaban J connectivity index is 1.92. The predicted molar refractivity (Wildman–Crippen MR) is 118 cm³/mol. The summed E-state index contributed by atoms with van der Waals surface area (Å²) in [6.45, 7) is -0.488. The van der Waals surface area contributed by atoms with Crippen molar-refractivity contribution in [1.82, 2.24) is 5.32 Å². The van der Waals surface area contributed by atoms with Crippen molar-refractivity contribution in [3.05, 3.63) is 47.5 Å². The van der Waals surface area contributed by atoms with E-state index in [1.807, 2.05) is 0 Å². The van der Waals surface area contributed by atoms with Gasteiger partial charge in [0.2, 0.25) is 5.91 Å². The molecule has 1 aliphatic rings. The van der Waals surface area contributed by atoms with Crippen molar-refractivity contribution in [2.45, 2.75) is 34.6 Å². The molecule has 0 heterocycles. The number of hydrogen-bond acceptors (Lipinski definition) is 8. The number of alkyl carbamates (subject to hydrolysis) is 1. The Morgan fingerprint density at radius 1 is 0.943 bits per heavy atom. The van der Waals surface area contributed by atoms with Crippen LogP contribution >= 0.6 is 0 Å². The highest BCUT2D eigenvalue weighted by Gasteiger charge is 2.33. The van der Waals surface area contributed by atoms with E-state index < -0.39 is 66.6 Å². The maximum Gasteiger partial charge on any atom is 0.407 e. The Kier molecular flexibility index (Phi) is 7.16. The Hall–Kier alpha value is -3.53. The number of carboxylic acid groups (broad SMARTS) is 1. The minimum absolute atomic E-state index is 0.277. The van der Waals surface area contributed by atoms with E-state index in [-0.39, 0.29) is 24.0 Å². The zero-order valence-electron chi connectivity index (χ0n) is 17.7. The van der Waals surface area contributed by atoms with Crippen LogP contribution in [0.15, 0.2) is 46.2 Å². The number of carbonyl (C=O) groups excluding carboxylic acids is 2. The maximum absolute atomic E-state index is 12.3. The molecular weight excluding hydrogens is 508 g/mol. The van der Waals surface area contributed by atoms with Gasteiger partial charge in [-0.3, -0.25) is 13.9 Å². The van der Waals surface area contributed by atoms with Crippen molar-refractivity contribution in [1.29, 1.82) is 0 Å². The molecule has 0 bridgehead atoms. The normalized spacial score (nSPS) is 14.0. The molecule has 3 rings (SSSR count).